The molecule has 1 unspecified atom stereocenters. The van der Waals surface area contributed by atoms with Gasteiger partial charge in [0.2, 0.25) is 0 Å². The van der Waals surface area contributed by atoms with E-state index in [-0.39, 0.29) is 11.9 Å². The number of hydrazine groups is 1. The molecule has 2 rings (SSSR count). The van der Waals surface area contributed by atoms with Crippen molar-refractivity contribution in [2.75, 3.05) is 12.0 Å². The van der Waals surface area contributed by atoms with Gasteiger partial charge in [-0.3, -0.25) is 4.79 Å². The number of pyridine rings is 1. The minimum atomic E-state index is -0.0610. The maximum Gasteiger partial charge on any atom is 0.272 e. The predicted molar refractivity (Wildman–Crippen MR) is 86.0 cm³/mol. The molecule has 1 amide bonds. The molecule has 0 saturated heterocycles. The number of nitrogens with two attached hydrogens (primary N) is 1. The van der Waals surface area contributed by atoms with Crippen molar-refractivity contribution in [3.05, 3.63) is 36.0 Å². The average Bonchev–Trinajstić information content (AvgIpc) is 2.53. The molecule has 5 nitrogen and oxygen atoms in total. The number of amides is 1. The van der Waals surface area contributed by atoms with E-state index in [9.17, 15) is 4.79 Å². The van der Waals surface area contributed by atoms with Crippen LogP contribution in [-0.2, 0) is 0 Å². The third kappa shape index (κ3) is 2.97. The lowest BCUT2D eigenvalue weighted by molar-refractivity contribution is 0.0694. The van der Waals surface area contributed by atoms with Gasteiger partial charge in [-0.2, -0.15) is 0 Å². The molecule has 0 bridgehead atoms. The van der Waals surface area contributed by atoms with Crippen LogP contribution in [0.3, 0.4) is 0 Å². The highest BCUT2D eigenvalue weighted by Gasteiger charge is 2.21. The Balaban J connectivity index is 2.48. The summed E-state index contributed by atoms with van der Waals surface area (Å²) in [7, 11) is 0. The molecular formula is C16H22N4O. The molecule has 112 valence electrons. The summed E-state index contributed by atoms with van der Waals surface area (Å²) in [5.74, 6) is 6.01. The number of nitrogens with one attached hydrogen (secondary N) is 1. The number of carbonyl (C=O) groups excluding carboxylic acids is 1. The maximum absolute atomic E-state index is 12.7. The number of rotatable bonds is 5. The van der Waals surface area contributed by atoms with Crippen LogP contribution < -0.4 is 11.3 Å². The number of nitrogens with zero attached hydrogens (tertiary/aromatic N) is 2. The van der Waals surface area contributed by atoms with Crippen molar-refractivity contribution >= 4 is 22.5 Å². The van der Waals surface area contributed by atoms with Crippen molar-refractivity contribution in [3.63, 3.8) is 0 Å². The first-order chi connectivity index (χ1) is 10.1. The van der Waals surface area contributed by atoms with Gasteiger partial charge >= 0.3 is 0 Å². The standard InChI is InChI=1S/C16H22N4O/c1-4-11(3)20(5-2)16(21)14-10-12-8-6-7-9-13(12)15(18-14)19-17/h6-11H,4-5,17H2,1-3H3,(H,18,19). The quantitative estimate of drug-likeness (QED) is 0.655. The second-order valence-corrected chi connectivity index (χ2v) is 5.07. The van der Waals surface area contributed by atoms with Gasteiger partial charge in [-0.25, -0.2) is 10.8 Å². The van der Waals surface area contributed by atoms with E-state index in [4.69, 9.17) is 5.84 Å². The lowest BCUT2D eigenvalue weighted by Gasteiger charge is -2.27. The van der Waals surface area contributed by atoms with Crippen LogP contribution in [-0.4, -0.2) is 28.4 Å². The summed E-state index contributed by atoms with van der Waals surface area (Å²) < 4.78 is 0. The molecule has 21 heavy (non-hydrogen) atoms. The molecule has 0 radical (unpaired) electrons. The van der Waals surface area contributed by atoms with Gasteiger partial charge in [0.25, 0.3) is 5.91 Å². The van der Waals surface area contributed by atoms with Gasteiger partial charge in [0.15, 0.2) is 0 Å². The number of fused-ring (bicyclic) bond motifs is 1. The second kappa shape index (κ2) is 6.54. The van der Waals surface area contributed by atoms with Crippen LogP contribution in [0.1, 0.15) is 37.7 Å². The minimum Gasteiger partial charge on any atom is -0.335 e. The number of hydrogen-bond donors (Lipinski definition) is 2. The van der Waals surface area contributed by atoms with E-state index in [1.807, 2.05) is 49.1 Å². The molecule has 0 aliphatic rings. The number of carbonyl (C=O) groups is 1. The Morgan fingerprint density at radius 1 is 1.38 bits per heavy atom. The molecule has 1 aromatic heterocycles. The molecular weight excluding hydrogens is 264 g/mol. The Kier molecular flexibility index (Phi) is 4.75. The molecule has 3 N–H and O–H groups in total. The molecule has 1 aromatic carbocycles. The molecule has 1 atom stereocenters. The van der Waals surface area contributed by atoms with E-state index in [1.54, 1.807) is 0 Å². The van der Waals surface area contributed by atoms with Gasteiger partial charge in [0, 0.05) is 18.0 Å². The lowest BCUT2D eigenvalue weighted by Crippen LogP contribution is -2.38. The van der Waals surface area contributed by atoms with Gasteiger partial charge in [-0.05, 0) is 31.7 Å². The zero-order chi connectivity index (χ0) is 15.4. The van der Waals surface area contributed by atoms with Gasteiger partial charge in [0.1, 0.15) is 11.5 Å². The normalized spacial score (nSPS) is 12.2. The fourth-order valence-corrected chi connectivity index (χ4v) is 2.44. The second-order valence-electron chi connectivity index (χ2n) is 5.07. The first-order valence-corrected chi connectivity index (χ1v) is 7.29. The lowest BCUT2D eigenvalue weighted by atomic mass is 10.1. The molecule has 5 heteroatoms. The maximum atomic E-state index is 12.7. The third-order valence-corrected chi connectivity index (χ3v) is 3.82. The number of aromatic nitrogens is 1. The number of hydrogen-bond acceptors (Lipinski definition) is 4. The van der Waals surface area contributed by atoms with E-state index in [0.717, 1.165) is 17.2 Å². The highest BCUT2D eigenvalue weighted by atomic mass is 16.2. The number of anilines is 1. The Labute approximate surface area is 125 Å². The zero-order valence-corrected chi connectivity index (χ0v) is 12.8. The third-order valence-electron chi connectivity index (χ3n) is 3.82. The molecule has 0 spiro atoms. The Morgan fingerprint density at radius 2 is 2.10 bits per heavy atom. The van der Waals surface area contributed by atoms with Gasteiger partial charge in [-0.15, -0.1) is 0 Å². The van der Waals surface area contributed by atoms with Gasteiger partial charge < -0.3 is 10.3 Å². The van der Waals surface area contributed by atoms with Crippen molar-refractivity contribution in [2.45, 2.75) is 33.2 Å². The summed E-state index contributed by atoms with van der Waals surface area (Å²) in [6.07, 6.45) is 0.912. The largest absolute Gasteiger partial charge is 0.335 e. The summed E-state index contributed by atoms with van der Waals surface area (Å²) in [4.78, 5) is 18.9. The SMILES string of the molecule is CCC(C)N(CC)C(=O)c1cc2ccccc2c(NN)n1. The molecule has 2 aromatic rings. The van der Waals surface area contributed by atoms with Crippen LogP contribution in [0.15, 0.2) is 30.3 Å². The van der Waals surface area contributed by atoms with E-state index < -0.39 is 0 Å². The minimum absolute atomic E-state index is 0.0610. The summed E-state index contributed by atoms with van der Waals surface area (Å²) in [6.45, 7) is 6.76. The molecule has 0 saturated carbocycles. The van der Waals surface area contributed by atoms with E-state index in [1.165, 1.54) is 0 Å². The van der Waals surface area contributed by atoms with Crippen molar-refractivity contribution in [2.24, 2.45) is 5.84 Å². The first-order valence-electron chi connectivity index (χ1n) is 7.29. The van der Waals surface area contributed by atoms with Crippen LogP contribution in [0.4, 0.5) is 5.82 Å². The molecule has 1 heterocycles. The summed E-state index contributed by atoms with van der Waals surface area (Å²) in [6, 6.07) is 9.74. The Bertz CT molecular complexity index is 641. The molecule has 0 aliphatic heterocycles. The predicted octanol–water partition coefficient (Wildman–Crippen LogP) is 2.78. The van der Waals surface area contributed by atoms with Crippen LogP contribution in [0, 0.1) is 0 Å². The topological polar surface area (TPSA) is 71.2 Å². The summed E-state index contributed by atoms with van der Waals surface area (Å²) in [5, 5.41) is 1.85. The van der Waals surface area contributed by atoms with Crippen molar-refractivity contribution in [1.29, 1.82) is 0 Å². The Hall–Kier alpha value is -2.14. The van der Waals surface area contributed by atoms with Gasteiger partial charge in [0.05, 0.1) is 0 Å². The van der Waals surface area contributed by atoms with E-state index in [2.05, 4.69) is 17.3 Å². The highest BCUT2D eigenvalue weighted by Crippen LogP contribution is 2.23. The first kappa shape index (κ1) is 15.3. The average molecular weight is 286 g/mol. The monoisotopic (exact) mass is 286 g/mol. The highest BCUT2D eigenvalue weighted by molar-refractivity contribution is 6.00. The smallest absolute Gasteiger partial charge is 0.272 e. The van der Waals surface area contributed by atoms with E-state index >= 15 is 0 Å². The van der Waals surface area contributed by atoms with E-state index in [0.29, 0.717) is 18.1 Å². The fourth-order valence-electron chi connectivity index (χ4n) is 2.44. The number of benzene rings is 1. The Morgan fingerprint density at radius 3 is 2.71 bits per heavy atom. The van der Waals surface area contributed by atoms with Crippen LogP contribution >= 0.6 is 0 Å². The molecule has 0 fully saturated rings. The zero-order valence-electron chi connectivity index (χ0n) is 12.8. The number of nitrogen functional groups attached to an aromatic ring is 1. The van der Waals surface area contributed by atoms with Crippen molar-refractivity contribution in [3.8, 4) is 0 Å². The van der Waals surface area contributed by atoms with Crippen molar-refractivity contribution in [1.82, 2.24) is 9.88 Å². The van der Waals surface area contributed by atoms with Crippen LogP contribution in [0.25, 0.3) is 10.8 Å². The van der Waals surface area contributed by atoms with Crippen LogP contribution in [0.5, 0.6) is 0 Å². The molecule has 0 aliphatic carbocycles. The summed E-state index contributed by atoms with van der Waals surface area (Å²) >= 11 is 0. The van der Waals surface area contributed by atoms with Crippen molar-refractivity contribution < 1.29 is 4.79 Å². The fraction of sp³-hybridized carbons (Fsp3) is 0.375. The van der Waals surface area contributed by atoms with Gasteiger partial charge in [-0.1, -0.05) is 31.2 Å². The summed E-state index contributed by atoms with van der Waals surface area (Å²) in [5.41, 5.74) is 3.00. The van der Waals surface area contributed by atoms with Crippen LogP contribution in [0.2, 0.25) is 0 Å².